The third-order valence-electron chi connectivity index (χ3n) is 6.87. The predicted molar refractivity (Wildman–Crippen MR) is 155 cm³/mol. The fourth-order valence-electron chi connectivity index (χ4n) is 4.68. The number of aromatic amines is 1. The van der Waals surface area contributed by atoms with Crippen molar-refractivity contribution < 1.29 is 27.6 Å². The summed E-state index contributed by atoms with van der Waals surface area (Å²) in [6, 6.07) is 15.5. The van der Waals surface area contributed by atoms with Gasteiger partial charge in [0, 0.05) is 10.9 Å². The van der Waals surface area contributed by atoms with Gasteiger partial charge in [-0.15, -0.1) is 0 Å². The summed E-state index contributed by atoms with van der Waals surface area (Å²) in [5, 5.41) is 4.78. The highest BCUT2D eigenvalue weighted by Gasteiger charge is 2.25. The number of nitrogens with one attached hydrogen (secondary N) is 2. The first kappa shape index (κ1) is 27.7. The standard InChI is InChI=1S/C29H26F2N6O4S/c1-17-12-19(41-27-5-3-2-4-21(27)30)6-7-26(17)37-29(32)20(16-33-37)28(38)25-14-18-13-22(31)24(15-23(18)34-25)35-42(39)36-8-10-40-11-9-36/h2-7,12-16,34-35H,8-11,32H2,1H3. The average molecular weight is 593 g/mol. The second-order valence-corrected chi connectivity index (χ2v) is 10.9. The number of hydrogen-bond donors (Lipinski definition) is 3. The van der Waals surface area contributed by atoms with Crippen molar-refractivity contribution in [3.05, 3.63) is 95.3 Å². The third kappa shape index (κ3) is 5.42. The number of rotatable bonds is 8. The van der Waals surface area contributed by atoms with E-state index < -0.39 is 29.0 Å². The molecule has 6 rings (SSSR count). The van der Waals surface area contributed by atoms with E-state index in [1.807, 2.05) is 6.92 Å². The van der Waals surface area contributed by atoms with Crippen LogP contribution < -0.4 is 15.2 Å². The lowest BCUT2D eigenvalue weighted by atomic mass is 10.1. The SMILES string of the molecule is Cc1cc(Oc2ccccc2F)ccc1-n1ncc(C(=O)c2cc3cc(F)c(N[S+]([O-])N4CCOCC4)cc3[nH]2)c1N. The Labute approximate surface area is 242 Å². The van der Waals surface area contributed by atoms with Gasteiger partial charge in [0.25, 0.3) is 0 Å². The molecule has 2 aromatic heterocycles. The maximum atomic E-state index is 14.8. The van der Waals surface area contributed by atoms with Crippen LogP contribution in [0.15, 0.2) is 66.9 Å². The molecule has 0 radical (unpaired) electrons. The highest BCUT2D eigenvalue weighted by atomic mass is 32.2. The van der Waals surface area contributed by atoms with Gasteiger partial charge in [-0.3, -0.25) is 4.79 Å². The van der Waals surface area contributed by atoms with E-state index in [2.05, 4.69) is 14.8 Å². The van der Waals surface area contributed by atoms with Crippen molar-refractivity contribution in [3.8, 4) is 17.2 Å². The average Bonchev–Trinajstić information content (AvgIpc) is 3.57. The van der Waals surface area contributed by atoms with Crippen LogP contribution in [0, 0.1) is 18.6 Å². The summed E-state index contributed by atoms with van der Waals surface area (Å²) in [7, 11) is 0. The van der Waals surface area contributed by atoms with E-state index in [9.17, 15) is 18.1 Å². The second-order valence-electron chi connectivity index (χ2n) is 9.66. The van der Waals surface area contributed by atoms with Crippen molar-refractivity contribution in [1.82, 2.24) is 19.1 Å². The number of para-hydroxylation sites is 1. The number of carbonyl (C=O) groups excluding carboxylic acids is 1. The van der Waals surface area contributed by atoms with Crippen molar-refractivity contribution in [3.63, 3.8) is 0 Å². The maximum absolute atomic E-state index is 14.8. The molecule has 3 aromatic carbocycles. The van der Waals surface area contributed by atoms with Gasteiger partial charge in [0.2, 0.25) is 5.78 Å². The van der Waals surface area contributed by atoms with Gasteiger partial charge in [-0.2, -0.15) is 9.82 Å². The molecule has 42 heavy (non-hydrogen) atoms. The molecular weight excluding hydrogens is 566 g/mol. The van der Waals surface area contributed by atoms with Crippen molar-refractivity contribution >= 4 is 39.7 Å². The van der Waals surface area contributed by atoms with E-state index in [-0.39, 0.29) is 28.5 Å². The summed E-state index contributed by atoms with van der Waals surface area (Å²) < 4.78 is 58.2. The van der Waals surface area contributed by atoms with Crippen LogP contribution >= 0.6 is 0 Å². The number of H-pyrrole nitrogens is 1. The van der Waals surface area contributed by atoms with Crippen molar-refractivity contribution in [2.45, 2.75) is 6.92 Å². The minimum Gasteiger partial charge on any atom is -0.573 e. The van der Waals surface area contributed by atoms with Gasteiger partial charge in [0.15, 0.2) is 28.9 Å². The Morgan fingerprint density at radius 2 is 1.90 bits per heavy atom. The number of morpholine rings is 1. The quantitative estimate of drug-likeness (QED) is 0.172. The number of hydrogen-bond acceptors (Lipinski definition) is 8. The van der Waals surface area contributed by atoms with Gasteiger partial charge in [0.05, 0.1) is 49.4 Å². The molecule has 13 heteroatoms. The Bertz CT molecular complexity index is 1790. The van der Waals surface area contributed by atoms with Crippen molar-refractivity contribution in [1.29, 1.82) is 0 Å². The molecule has 1 aliphatic heterocycles. The first-order chi connectivity index (χ1) is 20.3. The zero-order valence-corrected chi connectivity index (χ0v) is 23.2. The molecular formula is C29H26F2N6O4S. The minimum absolute atomic E-state index is 0.0402. The Morgan fingerprint density at radius 1 is 1.12 bits per heavy atom. The number of nitrogens with two attached hydrogens (primary N) is 1. The molecule has 1 atom stereocenters. The first-order valence-electron chi connectivity index (χ1n) is 13.0. The van der Waals surface area contributed by atoms with Crippen LogP contribution in [-0.2, 0) is 16.3 Å². The summed E-state index contributed by atoms with van der Waals surface area (Å²) in [6.45, 7) is 3.64. The number of carbonyl (C=O) groups is 1. The van der Waals surface area contributed by atoms with E-state index >= 15 is 0 Å². The van der Waals surface area contributed by atoms with Crippen LogP contribution in [0.25, 0.3) is 16.6 Å². The zero-order valence-electron chi connectivity index (χ0n) is 22.4. The largest absolute Gasteiger partial charge is 0.573 e. The Kier molecular flexibility index (Phi) is 7.56. The molecule has 0 saturated carbocycles. The number of nitrogens with zero attached hydrogens (tertiary/aromatic N) is 3. The number of nitrogen functional groups attached to an aromatic ring is 1. The van der Waals surface area contributed by atoms with E-state index in [0.717, 1.165) is 5.56 Å². The number of ketones is 1. The molecule has 0 amide bonds. The summed E-state index contributed by atoms with van der Waals surface area (Å²) in [5.41, 5.74) is 8.56. The van der Waals surface area contributed by atoms with Crippen LogP contribution in [0.2, 0.25) is 0 Å². The minimum atomic E-state index is -1.65. The highest BCUT2D eigenvalue weighted by molar-refractivity contribution is 7.90. The second kappa shape index (κ2) is 11.4. The number of ether oxygens (including phenoxy) is 2. The lowest BCUT2D eigenvalue weighted by molar-refractivity contribution is 0.0733. The van der Waals surface area contributed by atoms with Crippen molar-refractivity contribution in [2.24, 2.45) is 0 Å². The van der Waals surface area contributed by atoms with Gasteiger partial charge in [-0.05, 0) is 61.0 Å². The van der Waals surface area contributed by atoms with Crippen LogP contribution in [0.4, 0.5) is 20.3 Å². The van der Waals surface area contributed by atoms with E-state index in [1.165, 1.54) is 41.2 Å². The number of halogens is 2. The summed E-state index contributed by atoms with van der Waals surface area (Å²) in [5.74, 6) is -0.877. The molecule has 216 valence electrons. The van der Waals surface area contributed by atoms with Gasteiger partial charge in [-0.25, -0.2) is 13.5 Å². The number of aryl methyl sites for hydroxylation is 1. The highest BCUT2D eigenvalue weighted by Crippen LogP contribution is 2.30. The third-order valence-corrected chi connectivity index (χ3v) is 8.10. The molecule has 5 aromatic rings. The van der Waals surface area contributed by atoms with E-state index in [4.69, 9.17) is 15.2 Å². The van der Waals surface area contributed by atoms with Crippen molar-refractivity contribution in [2.75, 3.05) is 36.8 Å². The summed E-state index contributed by atoms with van der Waals surface area (Å²) >= 11 is -1.65. The van der Waals surface area contributed by atoms with Crippen LogP contribution in [0.3, 0.4) is 0 Å². The Hall–Kier alpha value is -4.43. The van der Waals surface area contributed by atoms with Crippen LogP contribution in [0.1, 0.15) is 21.6 Å². The van der Waals surface area contributed by atoms with Gasteiger partial charge < -0.3 is 24.7 Å². The molecule has 1 aliphatic rings. The molecule has 3 heterocycles. The smallest absolute Gasteiger partial charge is 0.214 e. The first-order valence-corrected chi connectivity index (χ1v) is 14.1. The van der Waals surface area contributed by atoms with Crippen LogP contribution in [0.5, 0.6) is 11.5 Å². The molecule has 0 bridgehead atoms. The molecule has 4 N–H and O–H groups in total. The summed E-state index contributed by atoms with van der Waals surface area (Å²) in [6.07, 6.45) is 1.37. The number of fused-ring (bicyclic) bond motifs is 1. The van der Waals surface area contributed by atoms with Gasteiger partial charge >= 0.3 is 0 Å². The normalized spacial score (nSPS) is 14.7. The molecule has 1 fully saturated rings. The lowest BCUT2D eigenvalue weighted by Gasteiger charge is -2.26. The number of anilines is 2. The lowest BCUT2D eigenvalue weighted by Crippen LogP contribution is -2.43. The summed E-state index contributed by atoms with van der Waals surface area (Å²) in [4.78, 5) is 16.4. The monoisotopic (exact) mass is 592 g/mol. The number of aromatic nitrogens is 3. The fraction of sp³-hybridized carbons (Fsp3) is 0.172. The van der Waals surface area contributed by atoms with E-state index in [0.29, 0.717) is 48.6 Å². The Morgan fingerprint density at radius 3 is 2.67 bits per heavy atom. The number of benzene rings is 3. The Balaban J connectivity index is 1.22. The van der Waals surface area contributed by atoms with Gasteiger partial charge in [-0.1, -0.05) is 16.4 Å². The van der Waals surface area contributed by atoms with Gasteiger partial charge in [0.1, 0.15) is 17.3 Å². The zero-order chi connectivity index (χ0) is 29.4. The predicted octanol–water partition coefficient (Wildman–Crippen LogP) is 4.87. The van der Waals surface area contributed by atoms with Crippen LogP contribution in [-0.4, -0.2) is 55.7 Å². The maximum Gasteiger partial charge on any atom is 0.214 e. The molecule has 1 saturated heterocycles. The molecule has 0 aliphatic carbocycles. The van der Waals surface area contributed by atoms with E-state index in [1.54, 1.807) is 34.6 Å². The topological polar surface area (TPSA) is 133 Å². The molecule has 1 unspecified atom stereocenters. The molecule has 0 spiro atoms. The molecule has 10 nitrogen and oxygen atoms in total. The fourth-order valence-corrected chi connectivity index (χ4v) is 5.63.